The summed E-state index contributed by atoms with van der Waals surface area (Å²) in [6.45, 7) is 6.42. The summed E-state index contributed by atoms with van der Waals surface area (Å²) >= 11 is 0. The van der Waals surface area contributed by atoms with Crippen LogP contribution in [0.5, 0.6) is 0 Å². The molecular weight excluding hydrogens is 110 g/mol. The van der Waals surface area contributed by atoms with Crippen molar-refractivity contribution in [2.24, 2.45) is 10.9 Å². The molecule has 0 unspecified atom stereocenters. The number of rotatable bonds is 1. The highest BCUT2D eigenvalue weighted by Gasteiger charge is 2.07. The fourth-order valence-electron chi connectivity index (χ4n) is 0.935. The van der Waals surface area contributed by atoms with Gasteiger partial charge in [0.25, 0.3) is 0 Å². The maximum Gasteiger partial charge on any atom is 0.0336 e. The largest absolute Gasteiger partial charge is 0.262 e. The fourth-order valence-corrected chi connectivity index (χ4v) is 0.935. The quantitative estimate of drug-likeness (QED) is 0.507. The van der Waals surface area contributed by atoms with Crippen molar-refractivity contribution in [1.29, 1.82) is 0 Å². The zero-order valence-corrected chi connectivity index (χ0v) is 6.31. The maximum atomic E-state index is 4.37. The standard InChI is InChI=1S/C8H13N/c1-6(2)8-5-4-7(3)9-8/h4,6H,5H2,1-3H3. The molecule has 0 saturated heterocycles. The number of allylic oxidation sites excluding steroid dienone is 2. The summed E-state index contributed by atoms with van der Waals surface area (Å²) in [5, 5.41) is 0. The molecule has 0 aromatic heterocycles. The molecule has 1 aliphatic heterocycles. The highest BCUT2D eigenvalue weighted by atomic mass is 14.8. The first-order valence-electron chi connectivity index (χ1n) is 3.44. The van der Waals surface area contributed by atoms with Crippen LogP contribution in [-0.4, -0.2) is 5.71 Å². The Labute approximate surface area is 56.5 Å². The number of aliphatic imine (C=N–C) groups is 1. The van der Waals surface area contributed by atoms with E-state index in [1.54, 1.807) is 0 Å². The summed E-state index contributed by atoms with van der Waals surface area (Å²) in [5.74, 6) is 0.624. The van der Waals surface area contributed by atoms with Crippen LogP contribution in [0.2, 0.25) is 0 Å². The smallest absolute Gasteiger partial charge is 0.0336 e. The van der Waals surface area contributed by atoms with Crippen molar-refractivity contribution < 1.29 is 0 Å². The topological polar surface area (TPSA) is 12.4 Å². The summed E-state index contributed by atoms with van der Waals surface area (Å²) < 4.78 is 0. The van der Waals surface area contributed by atoms with E-state index < -0.39 is 0 Å². The predicted molar refractivity (Wildman–Crippen MR) is 40.6 cm³/mol. The molecule has 0 aromatic rings. The Morgan fingerprint density at radius 3 is 2.44 bits per heavy atom. The van der Waals surface area contributed by atoms with Gasteiger partial charge in [0.2, 0.25) is 0 Å². The molecular formula is C8H13N. The van der Waals surface area contributed by atoms with Crippen molar-refractivity contribution in [3.63, 3.8) is 0 Å². The first-order chi connectivity index (χ1) is 4.20. The van der Waals surface area contributed by atoms with Gasteiger partial charge in [0.1, 0.15) is 0 Å². The normalized spacial score (nSPS) is 18.2. The van der Waals surface area contributed by atoms with Crippen molar-refractivity contribution >= 4 is 5.71 Å². The Balaban J connectivity index is 2.60. The molecule has 0 bridgehead atoms. The summed E-state index contributed by atoms with van der Waals surface area (Å²) in [4.78, 5) is 4.37. The lowest BCUT2D eigenvalue weighted by Crippen LogP contribution is -2.02. The lowest BCUT2D eigenvalue weighted by molar-refractivity contribution is 0.871. The van der Waals surface area contributed by atoms with Crippen LogP contribution in [0.4, 0.5) is 0 Å². The van der Waals surface area contributed by atoms with E-state index in [-0.39, 0.29) is 0 Å². The van der Waals surface area contributed by atoms with E-state index >= 15 is 0 Å². The average Bonchev–Trinajstić information content (AvgIpc) is 2.14. The van der Waals surface area contributed by atoms with Crippen LogP contribution in [0.1, 0.15) is 27.2 Å². The molecule has 1 heterocycles. The molecule has 0 aliphatic carbocycles. The van der Waals surface area contributed by atoms with Gasteiger partial charge in [-0.2, -0.15) is 0 Å². The second-order valence-electron chi connectivity index (χ2n) is 2.81. The highest BCUT2D eigenvalue weighted by Crippen LogP contribution is 2.14. The minimum atomic E-state index is 0.624. The minimum absolute atomic E-state index is 0.624. The second kappa shape index (κ2) is 2.34. The molecule has 0 spiro atoms. The molecule has 1 heteroatoms. The van der Waals surface area contributed by atoms with E-state index in [0.717, 1.165) is 6.42 Å². The Morgan fingerprint density at radius 2 is 2.22 bits per heavy atom. The van der Waals surface area contributed by atoms with Gasteiger partial charge < -0.3 is 0 Å². The van der Waals surface area contributed by atoms with Crippen molar-refractivity contribution in [3.05, 3.63) is 11.8 Å². The number of hydrogen-bond donors (Lipinski definition) is 0. The molecule has 0 fully saturated rings. The van der Waals surface area contributed by atoms with E-state index in [1.807, 2.05) is 0 Å². The first kappa shape index (κ1) is 6.53. The minimum Gasteiger partial charge on any atom is -0.262 e. The summed E-state index contributed by atoms with van der Waals surface area (Å²) in [6.07, 6.45) is 3.25. The van der Waals surface area contributed by atoms with Gasteiger partial charge in [-0.1, -0.05) is 19.9 Å². The third-order valence-electron chi connectivity index (χ3n) is 1.59. The van der Waals surface area contributed by atoms with Gasteiger partial charge in [0.05, 0.1) is 0 Å². The number of hydrogen-bond acceptors (Lipinski definition) is 1. The van der Waals surface area contributed by atoms with Gasteiger partial charge in [-0.05, 0) is 12.8 Å². The second-order valence-corrected chi connectivity index (χ2v) is 2.81. The predicted octanol–water partition coefficient (Wildman–Crippen LogP) is 2.39. The van der Waals surface area contributed by atoms with Gasteiger partial charge in [-0.15, -0.1) is 0 Å². The molecule has 1 nitrogen and oxygen atoms in total. The van der Waals surface area contributed by atoms with Crippen molar-refractivity contribution in [2.45, 2.75) is 27.2 Å². The van der Waals surface area contributed by atoms with Crippen LogP contribution < -0.4 is 0 Å². The van der Waals surface area contributed by atoms with Gasteiger partial charge in [-0.3, -0.25) is 4.99 Å². The summed E-state index contributed by atoms with van der Waals surface area (Å²) in [5.41, 5.74) is 2.51. The molecule has 0 aromatic carbocycles. The van der Waals surface area contributed by atoms with Crippen molar-refractivity contribution in [1.82, 2.24) is 0 Å². The molecule has 9 heavy (non-hydrogen) atoms. The lowest BCUT2D eigenvalue weighted by atomic mass is 10.1. The molecule has 0 saturated carbocycles. The molecule has 1 aliphatic rings. The highest BCUT2D eigenvalue weighted by molar-refractivity contribution is 5.90. The summed E-state index contributed by atoms with van der Waals surface area (Å²) in [6, 6.07) is 0. The zero-order chi connectivity index (χ0) is 6.85. The van der Waals surface area contributed by atoms with Crippen LogP contribution in [0.3, 0.4) is 0 Å². The molecule has 50 valence electrons. The van der Waals surface area contributed by atoms with Gasteiger partial charge in [0, 0.05) is 17.8 Å². The zero-order valence-electron chi connectivity index (χ0n) is 6.31. The SMILES string of the molecule is CC1=CCC(C(C)C)=N1. The van der Waals surface area contributed by atoms with Crippen LogP contribution >= 0.6 is 0 Å². The summed E-state index contributed by atoms with van der Waals surface area (Å²) in [7, 11) is 0. The Bertz CT molecular complexity index is 163. The molecule has 0 amide bonds. The van der Waals surface area contributed by atoms with Gasteiger partial charge >= 0.3 is 0 Å². The van der Waals surface area contributed by atoms with Crippen LogP contribution in [0.15, 0.2) is 16.8 Å². The van der Waals surface area contributed by atoms with Crippen molar-refractivity contribution in [3.8, 4) is 0 Å². The van der Waals surface area contributed by atoms with E-state index in [2.05, 4.69) is 31.8 Å². The molecule has 0 N–H and O–H groups in total. The van der Waals surface area contributed by atoms with Crippen LogP contribution in [0.25, 0.3) is 0 Å². The lowest BCUT2D eigenvalue weighted by Gasteiger charge is -2.00. The van der Waals surface area contributed by atoms with E-state index in [0.29, 0.717) is 5.92 Å². The van der Waals surface area contributed by atoms with Crippen LogP contribution in [0, 0.1) is 5.92 Å². The fraction of sp³-hybridized carbons (Fsp3) is 0.625. The van der Waals surface area contributed by atoms with Crippen molar-refractivity contribution in [2.75, 3.05) is 0 Å². The Morgan fingerprint density at radius 1 is 1.56 bits per heavy atom. The Hall–Kier alpha value is -0.590. The van der Waals surface area contributed by atoms with Gasteiger partial charge in [-0.25, -0.2) is 0 Å². The first-order valence-corrected chi connectivity index (χ1v) is 3.44. The van der Waals surface area contributed by atoms with E-state index in [4.69, 9.17) is 0 Å². The molecule has 0 atom stereocenters. The third-order valence-corrected chi connectivity index (χ3v) is 1.59. The monoisotopic (exact) mass is 123 g/mol. The van der Waals surface area contributed by atoms with Crippen LogP contribution in [-0.2, 0) is 0 Å². The molecule has 0 radical (unpaired) electrons. The third kappa shape index (κ3) is 1.41. The van der Waals surface area contributed by atoms with E-state index in [1.165, 1.54) is 11.4 Å². The Kier molecular flexibility index (Phi) is 1.70. The van der Waals surface area contributed by atoms with Gasteiger partial charge in [0.15, 0.2) is 0 Å². The average molecular weight is 123 g/mol. The maximum absolute atomic E-state index is 4.37. The van der Waals surface area contributed by atoms with E-state index in [9.17, 15) is 0 Å². The number of nitrogens with zero attached hydrogens (tertiary/aromatic N) is 1. The molecule has 1 rings (SSSR count).